The van der Waals surface area contributed by atoms with Gasteiger partial charge in [-0.15, -0.1) is 0 Å². The molecule has 0 saturated heterocycles. The second kappa shape index (κ2) is 6.43. The van der Waals surface area contributed by atoms with E-state index >= 15 is 0 Å². The van der Waals surface area contributed by atoms with E-state index in [0.29, 0.717) is 22.7 Å². The number of halogens is 5. The lowest BCUT2D eigenvalue weighted by molar-refractivity contribution is -0.253. The molecule has 0 fully saturated rings. The summed E-state index contributed by atoms with van der Waals surface area (Å²) < 4.78 is 61.0. The van der Waals surface area contributed by atoms with Crippen molar-refractivity contribution in [2.45, 2.75) is 12.5 Å². The van der Waals surface area contributed by atoms with Gasteiger partial charge in [-0.3, -0.25) is 0 Å². The number of ether oxygens (including phenoxy) is 2. The van der Waals surface area contributed by atoms with Crippen LogP contribution in [0.15, 0.2) is 51.9 Å². The van der Waals surface area contributed by atoms with E-state index < -0.39 is 12.5 Å². The molecule has 8 heteroatoms. The number of alkyl halides is 4. The molecule has 1 aliphatic heterocycles. The predicted octanol–water partition coefficient (Wildman–Crippen LogP) is 5.20. The van der Waals surface area contributed by atoms with Crippen LogP contribution >= 0.6 is 15.9 Å². The van der Waals surface area contributed by atoms with E-state index in [1.165, 1.54) is 18.2 Å². The van der Waals surface area contributed by atoms with Crippen molar-refractivity contribution in [3.05, 3.63) is 52.5 Å². The molecule has 24 heavy (non-hydrogen) atoms. The number of rotatable bonds is 4. The van der Waals surface area contributed by atoms with Crippen molar-refractivity contribution in [1.29, 1.82) is 0 Å². The maximum Gasteiger partial charge on any atom is 0.461 e. The monoisotopic (exact) mass is 403 g/mol. The molecule has 3 rings (SSSR count). The van der Waals surface area contributed by atoms with Crippen LogP contribution in [-0.4, -0.2) is 24.9 Å². The molecule has 0 saturated carbocycles. The number of benzene rings is 2. The van der Waals surface area contributed by atoms with Crippen LogP contribution in [0.1, 0.15) is 5.56 Å². The van der Waals surface area contributed by atoms with Gasteiger partial charge < -0.3 is 9.47 Å². The van der Waals surface area contributed by atoms with E-state index in [2.05, 4.69) is 25.7 Å². The minimum Gasteiger partial charge on any atom is -0.484 e. The summed E-state index contributed by atoms with van der Waals surface area (Å²) in [4.78, 5) is 4.42. The Labute approximate surface area is 143 Å². The van der Waals surface area contributed by atoms with E-state index in [0.717, 1.165) is 4.47 Å². The first-order valence-corrected chi connectivity index (χ1v) is 7.60. The van der Waals surface area contributed by atoms with Gasteiger partial charge in [0.05, 0.1) is 10.2 Å². The molecule has 0 aromatic heterocycles. The number of hydrogen-bond donors (Lipinski definition) is 0. The fraction of sp³-hybridized carbons (Fsp3) is 0.188. The predicted molar refractivity (Wildman–Crippen MR) is 83.9 cm³/mol. The molecular formula is C16H10BrF4NO2. The van der Waals surface area contributed by atoms with Gasteiger partial charge in [-0.25, -0.2) is 4.99 Å². The van der Waals surface area contributed by atoms with Gasteiger partial charge in [-0.05, 0) is 40.2 Å². The van der Waals surface area contributed by atoms with E-state index in [4.69, 9.17) is 4.74 Å². The summed E-state index contributed by atoms with van der Waals surface area (Å²) in [5.41, 5.74) is 1.50. The van der Waals surface area contributed by atoms with Crippen molar-refractivity contribution in [1.82, 2.24) is 0 Å². The van der Waals surface area contributed by atoms with Crippen molar-refractivity contribution < 1.29 is 27.0 Å². The third-order valence-corrected chi connectivity index (χ3v) is 3.85. The topological polar surface area (TPSA) is 30.8 Å². The molecule has 0 unspecified atom stereocenters. The van der Waals surface area contributed by atoms with Gasteiger partial charge in [0.2, 0.25) is 0 Å². The molecule has 0 amide bonds. The second-order valence-electron chi connectivity index (χ2n) is 4.93. The summed E-state index contributed by atoms with van der Waals surface area (Å²) in [6.07, 6.45) is -8.47. The average Bonchev–Trinajstić information content (AvgIpc) is 2.54. The Morgan fingerprint density at radius 1 is 1.17 bits per heavy atom. The molecule has 2 aromatic rings. The fourth-order valence-electron chi connectivity index (χ4n) is 2.14. The largest absolute Gasteiger partial charge is 0.484 e. The Morgan fingerprint density at radius 2 is 1.92 bits per heavy atom. The highest BCUT2D eigenvalue weighted by Crippen LogP contribution is 2.38. The second-order valence-corrected chi connectivity index (χ2v) is 5.78. The summed E-state index contributed by atoms with van der Waals surface area (Å²) in [6, 6.07) is 10.8. The first-order valence-electron chi connectivity index (χ1n) is 6.81. The third-order valence-electron chi connectivity index (χ3n) is 3.23. The number of para-hydroxylation sites is 1. The number of hydrogen-bond acceptors (Lipinski definition) is 3. The van der Waals surface area contributed by atoms with Crippen LogP contribution in [0.4, 0.5) is 23.2 Å². The van der Waals surface area contributed by atoms with Crippen LogP contribution in [-0.2, 0) is 0 Å². The summed E-state index contributed by atoms with van der Waals surface area (Å²) in [5.74, 6) is 0.207. The van der Waals surface area contributed by atoms with Gasteiger partial charge in [0.1, 0.15) is 18.0 Å². The summed E-state index contributed by atoms with van der Waals surface area (Å²) in [5, 5.41) is 0. The molecule has 0 spiro atoms. The molecule has 0 aliphatic carbocycles. The summed E-state index contributed by atoms with van der Waals surface area (Å²) in [6.45, 7) is 0.115. The molecular weight excluding hydrogens is 394 g/mol. The van der Waals surface area contributed by atoms with Gasteiger partial charge in [0.15, 0.2) is 5.75 Å². The molecule has 0 bridgehead atoms. The van der Waals surface area contributed by atoms with Crippen molar-refractivity contribution in [3.63, 3.8) is 0 Å². The molecule has 0 atom stereocenters. The minimum absolute atomic E-state index is 0.115. The van der Waals surface area contributed by atoms with Gasteiger partial charge in [-0.1, -0.05) is 18.2 Å². The van der Waals surface area contributed by atoms with Gasteiger partial charge >= 0.3 is 12.5 Å². The number of nitrogens with zero attached hydrogens (tertiary/aromatic N) is 1. The van der Waals surface area contributed by atoms with Crippen LogP contribution < -0.4 is 9.47 Å². The van der Waals surface area contributed by atoms with E-state index in [9.17, 15) is 17.6 Å². The SMILES string of the molecule is FC(F)C(F)(F)Oc1cccc(C2=Nc3cccc(Br)c3OC2)c1. The quantitative estimate of drug-likeness (QED) is 0.656. The average molecular weight is 404 g/mol. The van der Waals surface area contributed by atoms with Crippen molar-refractivity contribution >= 4 is 27.3 Å². The highest BCUT2D eigenvalue weighted by atomic mass is 79.9. The first kappa shape index (κ1) is 16.8. The Hall–Kier alpha value is -2.09. The Morgan fingerprint density at radius 3 is 2.67 bits per heavy atom. The van der Waals surface area contributed by atoms with Crippen molar-refractivity contribution in [2.24, 2.45) is 4.99 Å². The maximum atomic E-state index is 13.0. The molecule has 0 N–H and O–H groups in total. The molecule has 1 aliphatic rings. The zero-order valence-electron chi connectivity index (χ0n) is 12.0. The van der Waals surface area contributed by atoms with Crippen LogP contribution in [0.5, 0.6) is 11.5 Å². The Balaban J connectivity index is 1.90. The van der Waals surface area contributed by atoms with Crippen molar-refractivity contribution in [2.75, 3.05) is 6.61 Å². The van der Waals surface area contributed by atoms with Gasteiger partial charge in [0, 0.05) is 5.56 Å². The standard InChI is InChI=1S/C16H10BrF4NO2/c17-11-5-2-6-12-14(11)23-8-13(22-12)9-3-1-4-10(7-9)24-16(20,21)15(18)19/h1-7,15H,8H2. The number of fused-ring (bicyclic) bond motifs is 1. The highest BCUT2D eigenvalue weighted by Gasteiger charge is 2.44. The Kier molecular flexibility index (Phi) is 4.49. The maximum absolute atomic E-state index is 13.0. The number of aliphatic imine (C=N–C) groups is 1. The van der Waals surface area contributed by atoms with Gasteiger partial charge in [0.25, 0.3) is 0 Å². The Bertz CT molecular complexity index is 795. The lowest BCUT2D eigenvalue weighted by Crippen LogP contribution is -2.33. The summed E-state index contributed by atoms with van der Waals surface area (Å²) in [7, 11) is 0. The van der Waals surface area contributed by atoms with Crippen LogP contribution in [0, 0.1) is 0 Å². The highest BCUT2D eigenvalue weighted by molar-refractivity contribution is 9.10. The van der Waals surface area contributed by atoms with Crippen molar-refractivity contribution in [3.8, 4) is 11.5 Å². The zero-order chi connectivity index (χ0) is 17.3. The summed E-state index contributed by atoms with van der Waals surface area (Å²) >= 11 is 3.35. The molecule has 2 aromatic carbocycles. The minimum atomic E-state index is -4.55. The smallest absolute Gasteiger partial charge is 0.461 e. The van der Waals surface area contributed by atoms with Crippen LogP contribution in [0.3, 0.4) is 0 Å². The van der Waals surface area contributed by atoms with E-state index in [1.54, 1.807) is 24.3 Å². The van der Waals surface area contributed by atoms with E-state index in [-0.39, 0.29) is 12.4 Å². The van der Waals surface area contributed by atoms with Crippen LogP contribution in [0.25, 0.3) is 0 Å². The van der Waals surface area contributed by atoms with E-state index in [1.807, 2.05) is 0 Å². The lowest BCUT2D eigenvalue weighted by Gasteiger charge is -2.20. The molecule has 3 nitrogen and oxygen atoms in total. The van der Waals surface area contributed by atoms with Crippen LogP contribution in [0.2, 0.25) is 0 Å². The molecule has 0 radical (unpaired) electrons. The first-order chi connectivity index (χ1) is 11.4. The molecule has 1 heterocycles. The lowest BCUT2D eigenvalue weighted by atomic mass is 10.1. The molecule has 126 valence electrons. The normalized spacial score (nSPS) is 14.0. The van der Waals surface area contributed by atoms with Gasteiger partial charge in [-0.2, -0.15) is 17.6 Å². The fourth-order valence-corrected chi connectivity index (χ4v) is 2.61. The zero-order valence-corrected chi connectivity index (χ0v) is 13.6. The third kappa shape index (κ3) is 3.38.